The molecular formula is C13H21Cl4N5O. The summed E-state index contributed by atoms with van der Waals surface area (Å²) >= 11 is 5.74. The van der Waals surface area contributed by atoms with Gasteiger partial charge in [0.15, 0.2) is 5.65 Å². The Labute approximate surface area is 158 Å². The summed E-state index contributed by atoms with van der Waals surface area (Å²) < 4.78 is 2.03. The van der Waals surface area contributed by atoms with Crippen LogP contribution in [0.25, 0.3) is 11.2 Å². The minimum Gasteiger partial charge on any atom is -0.392 e. The second-order valence-electron chi connectivity index (χ2n) is 5.20. The number of nitrogens with zero attached hydrogens (tertiary/aromatic N) is 4. The number of aliphatic hydroxyl groups excluding tert-OH is 1. The van der Waals surface area contributed by atoms with Crippen LogP contribution in [0.5, 0.6) is 0 Å². The maximum atomic E-state index is 9.91. The van der Waals surface area contributed by atoms with Gasteiger partial charge in [-0.3, -0.25) is 0 Å². The molecule has 2 atom stereocenters. The summed E-state index contributed by atoms with van der Waals surface area (Å²) in [7, 11) is 0. The molecule has 0 aliphatic carbocycles. The first-order valence-corrected chi connectivity index (χ1v) is 7.36. The van der Waals surface area contributed by atoms with Crippen molar-refractivity contribution >= 4 is 60.0 Å². The molecule has 0 amide bonds. The SMILES string of the molecule is Cl.Cl.Cl.O[C@H]1CCCN[C@@H]1CCCn1cnc2nc(Cl)ncc21. The van der Waals surface area contributed by atoms with E-state index >= 15 is 0 Å². The second kappa shape index (κ2) is 10.5. The predicted molar refractivity (Wildman–Crippen MR) is 98.3 cm³/mol. The van der Waals surface area contributed by atoms with Crippen LogP contribution >= 0.6 is 48.8 Å². The highest BCUT2D eigenvalue weighted by Gasteiger charge is 2.21. The van der Waals surface area contributed by atoms with Crippen LogP contribution in [-0.4, -0.2) is 43.3 Å². The lowest BCUT2D eigenvalue weighted by molar-refractivity contribution is 0.0909. The van der Waals surface area contributed by atoms with Crippen molar-refractivity contribution in [3.8, 4) is 0 Å². The van der Waals surface area contributed by atoms with Gasteiger partial charge in [0.05, 0.1) is 18.6 Å². The maximum Gasteiger partial charge on any atom is 0.224 e. The molecule has 10 heteroatoms. The number of imidazole rings is 1. The summed E-state index contributed by atoms with van der Waals surface area (Å²) in [6.45, 7) is 1.84. The Morgan fingerprint density at radius 1 is 1.30 bits per heavy atom. The van der Waals surface area contributed by atoms with Gasteiger partial charge >= 0.3 is 0 Å². The number of aryl methyl sites for hydroxylation is 1. The van der Waals surface area contributed by atoms with Crippen molar-refractivity contribution in [3.05, 3.63) is 17.8 Å². The number of rotatable bonds is 4. The molecule has 3 rings (SSSR count). The molecule has 23 heavy (non-hydrogen) atoms. The van der Waals surface area contributed by atoms with Crippen molar-refractivity contribution < 1.29 is 5.11 Å². The van der Waals surface area contributed by atoms with Crippen molar-refractivity contribution in [3.63, 3.8) is 0 Å². The van der Waals surface area contributed by atoms with Gasteiger partial charge in [0, 0.05) is 12.6 Å². The van der Waals surface area contributed by atoms with E-state index in [2.05, 4.69) is 20.3 Å². The quantitative estimate of drug-likeness (QED) is 0.766. The van der Waals surface area contributed by atoms with Gasteiger partial charge in [-0.1, -0.05) is 0 Å². The number of aliphatic hydroxyl groups is 1. The van der Waals surface area contributed by atoms with Crippen LogP contribution in [0.2, 0.25) is 5.28 Å². The monoisotopic (exact) mass is 403 g/mol. The molecule has 0 aromatic carbocycles. The molecule has 0 saturated carbocycles. The van der Waals surface area contributed by atoms with Crippen molar-refractivity contribution in [2.75, 3.05) is 6.54 Å². The summed E-state index contributed by atoms with van der Waals surface area (Å²) in [5, 5.41) is 13.5. The molecule has 1 saturated heterocycles. The zero-order chi connectivity index (χ0) is 13.9. The van der Waals surface area contributed by atoms with Crippen molar-refractivity contribution in [2.24, 2.45) is 0 Å². The predicted octanol–water partition coefficient (Wildman–Crippen LogP) is 2.64. The number of aromatic nitrogens is 4. The average molecular weight is 405 g/mol. The zero-order valence-electron chi connectivity index (χ0n) is 12.4. The maximum absolute atomic E-state index is 9.91. The minimum atomic E-state index is -0.217. The van der Waals surface area contributed by atoms with E-state index in [0.717, 1.165) is 44.3 Å². The Hall–Kier alpha value is -0.370. The zero-order valence-corrected chi connectivity index (χ0v) is 15.6. The normalized spacial score (nSPS) is 20.3. The molecule has 1 aliphatic heterocycles. The number of hydrogen-bond donors (Lipinski definition) is 2. The van der Waals surface area contributed by atoms with E-state index in [1.165, 1.54) is 0 Å². The van der Waals surface area contributed by atoms with Gasteiger partial charge in [0.2, 0.25) is 5.28 Å². The van der Waals surface area contributed by atoms with Crippen LogP contribution in [0.4, 0.5) is 0 Å². The van der Waals surface area contributed by atoms with Gasteiger partial charge in [0.1, 0.15) is 5.52 Å². The van der Waals surface area contributed by atoms with Gasteiger partial charge in [0.25, 0.3) is 0 Å². The van der Waals surface area contributed by atoms with Crippen LogP contribution in [0.15, 0.2) is 12.5 Å². The van der Waals surface area contributed by atoms with Crippen LogP contribution in [0.1, 0.15) is 25.7 Å². The Morgan fingerprint density at radius 3 is 2.83 bits per heavy atom. The molecule has 2 aromatic rings. The molecule has 1 aliphatic rings. The highest BCUT2D eigenvalue weighted by molar-refractivity contribution is 6.28. The smallest absolute Gasteiger partial charge is 0.224 e. The van der Waals surface area contributed by atoms with E-state index in [0.29, 0.717) is 5.65 Å². The number of fused-ring (bicyclic) bond motifs is 1. The fraction of sp³-hybridized carbons (Fsp3) is 0.615. The molecule has 0 unspecified atom stereocenters. The summed E-state index contributed by atoms with van der Waals surface area (Å²) in [6.07, 6.45) is 7.13. The van der Waals surface area contributed by atoms with Crippen LogP contribution < -0.4 is 5.32 Å². The lowest BCUT2D eigenvalue weighted by atomic mass is 9.97. The van der Waals surface area contributed by atoms with Gasteiger partial charge in [-0.05, 0) is 43.8 Å². The lowest BCUT2D eigenvalue weighted by Crippen LogP contribution is -2.44. The van der Waals surface area contributed by atoms with Gasteiger partial charge in [-0.15, -0.1) is 37.2 Å². The highest BCUT2D eigenvalue weighted by Crippen LogP contribution is 2.16. The fourth-order valence-electron chi connectivity index (χ4n) is 2.72. The van der Waals surface area contributed by atoms with Gasteiger partial charge in [-0.25, -0.2) is 9.97 Å². The van der Waals surface area contributed by atoms with Crippen molar-refractivity contribution in [2.45, 2.75) is 44.4 Å². The van der Waals surface area contributed by atoms with E-state index in [9.17, 15) is 5.11 Å². The van der Waals surface area contributed by atoms with Crippen LogP contribution in [-0.2, 0) is 6.54 Å². The number of hydrogen-bond acceptors (Lipinski definition) is 5. The average Bonchev–Trinajstić information content (AvgIpc) is 2.83. The third-order valence-electron chi connectivity index (χ3n) is 3.81. The minimum absolute atomic E-state index is 0. The first-order chi connectivity index (χ1) is 9.74. The van der Waals surface area contributed by atoms with E-state index < -0.39 is 0 Å². The Morgan fingerprint density at radius 2 is 2.09 bits per heavy atom. The molecule has 2 N–H and O–H groups in total. The Kier molecular flexibility index (Phi) is 10.3. The molecule has 3 heterocycles. The third kappa shape index (κ3) is 5.59. The lowest BCUT2D eigenvalue weighted by Gasteiger charge is -2.28. The first kappa shape index (κ1) is 22.6. The summed E-state index contributed by atoms with van der Waals surface area (Å²) in [5.74, 6) is 0. The summed E-state index contributed by atoms with van der Waals surface area (Å²) in [5.41, 5.74) is 1.52. The Balaban J connectivity index is 0.00000161. The van der Waals surface area contributed by atoms with Crippen LogP contribution in [0.3, 0.4) is 0 Å². The topological polar surface area (TPSA) is 75.9 Å². The van der Waals surface area contributed by atoms with Crippen molar-refractivity contribution in [1.82, 2.24) is 24.8 Å². The molecule has 0 bridgehead atoms. The Bertz CT molecular complexity index is 597. The largest absolute Gasteiger partial charge is 0.392 e. The van der Waals surface area contributed by atoms with Gasteiger partial charge < -0.3 is 15.0 Å². The molecule has 132 valence electrons. The van der Waals surface area contributed by atoms with Gasteiger partial charge in [-0.2, -0.15) is 4.98 Å². The molecule has 6 nitrogen and oxygen atoms in total. The third-order valence-corrected chi connectivity index (χ3v) is 3.99. The van der Waals surface area contributed by atoms with E-state index in [1.54, 1.807) is 12.5 Å². The highest BCUT2D eigenvalue weighted by atomic mass is 35.5. The van der Waals surface area contributed by atoms with E-state index in [1.807, 2.05) is 4.57 Å². The van der Waals surface area contributed by atoms with E-state index in [4.69, 9.17) is 11.6 Å². The molecule has 0 radical (unpaired) electrons. The first-order valence-electron chi connectivity index (χ1n) is 6.99. The standard InChI is InChI=1S/C13H18ClN5O.3ClH/c14-13-16-7-10-12(18-13)17-8-19(10)6-2-3-9-11(20)4-1-5-15-9;;;/h7-9,11,15,20H,1-6H2;3*1H/t9-,11+;;;/m1.../s1. The second-order valence-corrected chi connectivity index (χ2v) is 5.54. The number of nitrogens with one attached hydrogen (secondary N) is 1. The fourth-order valence-corrected chi connectivity index (χ4v) is 2.85. The molecule has 2 aromatic heterocycles. The summed E-state index contributed by atoms with van der Waals surface area (Å²) in [4.78, 5) is 12.3. The van der Waals surface area contributed by atoms with Crippen LogP contribution in [0, 0.1) is 0 Å². The summed E-state index contributed by atoms with van der Waals surface area (Å²) in [6, 6.07) is 0.212. The molecular weight excluding hydrogens is 384 g/mol. The molecule has 0 spiro atoms. The molecule has 1 fully saturated rings. The number of piperidine rings is 1. The van der Waals surface area contributed by atoms with E-state index in [-0.39, 0.29) is 54.7 Å². The van der Waals surface area contributed by atoms with Crippen molar-refractivity contribution in [1.29, 1.82) is 0 Å². The number of halogens is 4.